The summed E-state index contributed by atoms with van der Waals surface area (Å²) in [6.45, 7) is 15.0. The van der Waals surface area contributed by atoms with Gasteiger partial charge < -0.3 is 10.2 Å². The molecule has 0 aromatic carbocycles. The largest absolute Gasteiger partial charge is 0.355 e. The summed E-state index contributed by atoms with van der Waals surface area (Å²) in [6, 6.07) is 0. The maximum Gasteiger partial charge on any atom is 0.262 e. The first-order valence-electron chi connectivity index (χ1n) is 11.2. The highest BCUT2D eigenvalue weighted by Crippen LogP contribution is 2.41. The van der Waals surface area contributed by atoms with E-state index in [-0.39, 0.29) is 16.9 Å². The zero-order chi connectivity index (χ0) is 21.9. The SMILES string of the molecule is CCN(CC)CCNC(=O)CCn1cnc2sc3c(c2c1=O)CCC(C(C)(C)C)C3. The summed E-state index contributed by atoms with van der Waals surface area (Å²) in [4.78, 5) is 34.3. The fourth-order valence-corrected chi connectivity index (χ4v) is 5.56. The van der Waals surface area contributed by atoms with Crippen molar-refractivity contribution in [1.29, 1.82) is 0 Å². The van der Waals surface area contributed by atoms with Gasteiger partial charge in [0.05, 0.1) is 11.7 Å². The first-order chi connectivity index (χ1) is 14.2. The first kappa shape index (κ1) is 22.9. The number of carbonyl (C=O) groups is 1. The maximum absolute atomic E-state index is 13.1. The summed E-state index contributed by atoms with van der Waals surface area (Å²) in [6.07, 6.45) is 5.00. The van der Waals surface area contributed by atoms with Crippen LogP contribution in [0.5, 0.6) is 0 Å². The van der Waals surface area contributed by atoms with Crippen LogP contribution in [0.25, 0.3) is 10.2 Å². The number of fused-ring (bicyclic) bond motifs is 3. The molecule has 1 aliphatic carbocycles. The Balaban J connectivity index is 1.66. The lowest BCUT2D eigenvalue weighted by molar-refractivity contribution is -0.121. The van der Waals surface area contributed by atoms with Gasteiger partial charge >= 0.3 is 0 Å². The molecule has 3 rings (SSSR count). The highest BCUT2D eigenvalue weighted by molar-refractivity contribution is 7.18. The molecule has 1 atom stereocenters. The number of rotatable bonds is 8. The molecule has 2 aromatic rings. The first-order valence-corrected chi connectivity index (χ1v) is 12.0. The van der Waals surface area contributed by atoms with Crippen molar-refractivity contribution in [2.24, 2.45) is 11.3 Å². The van der Waals surface area contributed by atoms with E-state index in [0.717, 1.165) is 49.1 Å². The minimum absolute atomic E-state index is 0.00245. The zero-order valence-corrected chi connectivity index (χ0v) is 19.9. The molecule has 1 amide bonds. The molecule has 2 heterocycles. The quantitative estimate of drug-likeness (QED) is 0.694. The van der Waals surface area contributed by atoms with E-state index in [4.69, 9.17) is 0 Å². The lowest BCUT2D eigenvalue weighted by atomic mass is 9.72. The number of nitrogens with zero attached hydrogens (tertiary/aromatic N) is 3. The minimum atomic E-state index is -0.0190. The Kier molecular flexibility index (Phi) is 7.34. The number of aryl methyl sites for hydroxylation is 2. The number of hydrogen-bond acceptors (Lipinski definition) is 5. The van der Waals surface area contributed by atoms with Gasteiger partial charge in [-0.1, -0.05) is 34.6 Å². The van der Waals surface area contributed by atoms with Gasteiger partial charge in [0.15, 0.2) is 0 Å². The molecule has 7 heteroatoms. The standard InChI is InChI=1S/C23H36N4O2S/c1-6-26(7-2)13-11-24-19(28)10-12-27-15-25-21-20(22(27)29)17-9-8-16(23(3,4)5)14-18(17)30-21/h15-16H,6-14H2,1-5H3,(H,24,28). The molecule has 30 heavy (non-hydrogen) atoms. The highest BCUT2D eigenvalue weighted by Gasteiger charge is 2.31. The van der Waals surface area contributed by atoms with Crippen LogP contribution in [0.15, 0.2) is 11.1 Å². The molecule has 0 radical (unpaired) electrons. The van der Waals surface area contributed by atoms with Gasteiger partial charge in [-0.15, -0.1) is 11.3 Å². The van der Waals surface area contributed by atoms with Gasteiger partial charge in [-0.3, -0.25) is 14.2 Å². The van der Waals surface area contributed by atoms with Crippen molar-refractivity contribution >= 4 is 27.5 Å². The molecule has 0 aliphatic heterocycles. The summed E-state index contributed by atoms with van der Waals surface area (Å²) in [5.74, 6) is 0.620. The molecule has 0 spiro atoms. The number of thiophene rings is 1. The Morgan fingerprint density at radius 2 is 2.07 bits per heavy atom. The summed E-state index contributed by atoms with van der Waals surface area (Å²) >= 11 is 1.68. The van der Waals surface area contributed by atoms with Gasteiger partial charge in [0, 0.05) is 30.9 Å². The molecule has 0 saturated heterocycles. The van der Waals surface area contributed by atoms with E-state index in [2.05, 4.69) is 49.8 Å². The molecular formula is C23H36N4O2S. The third kappa shape index (κ3) is 5.11. The van der Waals surface area contributed by atoms with Gasteiger partial charge in [-0.05, 0) is 49.2 Å². The monoisotopic (exact) mass is 432 g/mol. The van der Waals surface area contributed by atoms with E-state index >= 15 is 0 Å². The maximum atomic E-state index is 13.1. The minimum Gasteiger partial charge on any atom is -0.355 e. The average Bonchev–Trinajstić information content (AvgIpc) is 3.08. The lowest BCUT2D eigenvalue weighted by Gasteiger charge is -2.33. The lowest BCUT2D eigenvalue weighted by Crippen LogP contribution is -2.35. The Labute approximate surface area is 183 Å². The molecule has 6 nitrogen and oxygen atoms in total. The molecule has 0 fully saturated rings. The third-order valence-electron chi connectivity index (χ3n) is 6.48. The number of hydrogen-bond donors (Lipinski definition) is 1. The van der Waals surface area contributed by atoms with Crippen LogP contribution in [0.1, 0.15) is 57.9 Å². The molecule has 2 aromatic heterocycles. The Morgan fingerprint density at radius 3 is 2.73 bits per heavy atom. The fourth-order valence-electron chi connectivity index (χ4n) is 4.30. The summed E-state index contributed by atoms with van der Waals surface area (Å²) in [5.41, 5.74) is 1.48. The zero-order valence-electron chi connectivity index (χ0n) is 19.1. The van der Waals surface area contributed by atoms with Crippen molar-refractivity contribution in [3.63, 3.8) is 0 Å². The number of likely N-dealkylation sites (N-methyl/N-ethyl adjacent to an activating group) is 1. The van der Waals surface area contributed by atoms with Crippen molar-refractivity contribution in [1.82, 2.24) is 19.8 Å². The second kappa shape index (κ2) is 9.60. The van der Waals surface area contributed by atoms with Crippen LogP contribution >= 0.6 is 11.3 Å². The predicted molar refractivity (Wildman–Crippen MR) is 124 cm³/mol. The summed E-state index contributed by atoms with van der Waals surface area (Å²) in [5, 5.41) is 3.74. The summed E-state index contributed by atoms with van der Waals surface area (Å²) in [7, 11) is 0. The van der Waals surface area contributed by atoms with Crippen LogP contribution in [-0.2, 0) is 24.2 Å². The van der Waals surface area contributed by atoms with Crippen molar-refractivity contribution in [2.75, 3.05) is 26.2 Å². The van der Waals surface area contributed by atoms with Gasteiger partial charge in [0.25, 0.3) is 5.56 Å². The van der Waals surface area contributed by atoms with E-state index < -0.39 is 0 Å². The molecule has 0 saturated carbocycles. The van der Waals surface area contributed by atoms with Crippen LogP contribution < -0.4 is 10.9 Å². The van der Waals surface area contributed by atoms with E-state index in [1.54, 1.807) is 22.2 Å². The summed E-state index contributed by atoms with van der Waals surface area (Å²) < 4.78 is 1.61. The smallest absolute Gasteiger partial charge is 0.262 e. The van der Waals surface area contributed by atoms with E-state index in [0.29, 0.717) is 25.4 Å². The predicted octanol–water partition coefficient (Wildman–Crippen LogP) is 3.46. The van der Waals surface area contributed by atoms with Gasteiger partial charge in [-0.2, -0.15) is 0 Å². The van der Waals surface area contributed by atoms with E-state index in [9.17, 15) is 9.59 Å². The normalized spacial score (nSPS) is 16.8. The Hall–Kier alpha value is -1.73. The second-order valence-electron chi connectivity index (χ2n) is 9.36. The third-order valence-corrected chi connectivity index (χ3v) is 7.65. The molecule has 1 aliphatic rings. The van der Waals surface area contributed by atoms with Crippen molar-refractivity contribution in [3.05, 3.63) is 27.1 Å². The van der Waals surface area contributed by atoms with Gasteiger partial charge in [0.2, 0.25) is 5.91 Å². The van der Waals surface area contributed by atoms with Crippen LogP contribution in [0, 0.1) is 11.3 Å². The van der Waals surface area contributed by atoms with Crippen LogP contribution in [0.3, 0.4) is 0 Å². The number of amides is 1. The fraction of sp³-hybridized carbons (Fsp3) is 0.696. The van der Waals surface area contributed by atoms with Gasteiger partial charge in [-0.25, -0.2) is 4.98 Å². The van der Waals surface area contributed by atoms with Crippen LogP contribution in [0.4, 0.5) is 0 Å². The van der Waals surface area contributed by atoms with Crippen molar-refractivity contribution in [3.8, 4) is 0 Å². The topological polar surface area (TPSA) is 67.2 Å². The second-order valence-corrected chi connectivity index (χ2v) is 10.4. The number of aromatic nitrogens is 2. The molecule has 1 N–H and O–H groups in total. The highest BCUT2D eigenvalue weighted by atomic mass is 32.1. The molecule has 1 unspecified atom stereocenters. The van der Waals surface area contributed by atoms with E-state index in [1.165, 1.54) is 10.4 Å². The average molecular weight is 433 g/mol. The Morgan fingerprint density at radius 1 is 1.33 bits per heavy atom. The molecular weight excluding hydrogens is 396 g/mol. The van der Waals surface area contributed by atoms with Crippen molar-refractivity contribution in [2.45, 2.75) is 66.8 Å². The van der Waals surface area contributed by atoms with Crippen LogP contribution in [-0.4, -0.2) is 46.5 Å². The van der Waals surface area contributed by atoms with Gasteiger partial charge in [0.1, 0.15) is 4.83 Å². The number of nitrogens with one attached hydrogen (secondary N) is 1. The molecule has 166 valence electrons. The van der Waals surface area contributed by atoms with E-state index in [1.807, 2.05) is 0 Å². The van der Waals surface area contributed by atoms with Crippen LogP contribution in [0.2, 0.25) is 0 Å². The molecule has 0 bridgehead atoms. The Bertz CT molecular complexity index is 937. The van der Waals surface area contributed by atoms with Crippen molar-refractivity contribution < 1.29 is 4.79 Å². The number of carbonyl (C=O) groups excluding carboxylic acids is 1.